The Bertz CT molecular complexity index is 3610. The summed E-state index contributed by atoms with van der Waals surface area (Å²) in [6.07, 6.45) is 7.20. The first kappa shape index (κ1) is 42.6. The van der Waals surface area contributed by atoms with Crippen LogP contribution in [0.25, 0.3) is 23.4 Å². The molecule has 2 unspecified atom stereocenters. The molecule has 0 aliphatic carbocycles. The highest BCUT2D eigenvalue weighted by Crippen LogP contribution is 2.20. The highest BCUT2D eigenvalue weighted by Gasteiger charge is 2.16. The highest BCUT2D eigenvalue weighted by atomic mass is 35.5. The van der Waals surface area contributed by atoms with E-state index >= 15 is 0 Å². The van der Waals surface area contributed by atoms with Gasteiger partial charge in [0.15, 0.2) is 22.3 Å². The lowest BCUT2D eigenvalue weighted by Crippen LogP contribution is -2.23. The van der Waals surface area contributed by atoms with Gasteiger partial charge in [0.1, 0.15) is 22.2 Å². The maximum Gasteiger partial charge on any atom is 0.326 e. The first-order valence-electron chi connectivity index (χ1n) is 19.8. The summed E-state index contributed by atoms with van der Waals surface area (Å²) in [6, 6.07) is 27.4. The van der Waals surface area contributed by atoms with Gasteiger partial charge in [-0.15, -0.1) is 0 Å². The third-order valence-electron chi connectivity index (χ3n) is 9.88. The van der Waals surface area contributed by atoms with Crippen LogP contribution >= 0.6 is 23.2 Å². The molecule has 0 spiro atoms. The molecular weight excluding hydrogens is 896 g/mol. The molecule has 7 heterocycles. The molecule has 0 radical (unpaired) electrons. The number of nitrogens with one attached hydrogen (secondary N) is 6. The van der Waals surface area contributed by atoms with E-state index in [9.17, 15) is 24.0 Å². The van der Waals surface area contributed by atoms with Crippen molar-refractivity contribution in [1.29, 1.82) is 0 Å². The van der Waals surface area contributed by atoms with E-state index in [0.29, 0.717) is 59.3 Å². The topological polar surface area (TPSA) is 264 Å². The van der Waals surface area contributed by atoms with E-state index < -0.39 is 22.2 Å². The molecule has 1 aliphatic rings. The zero-order chi connectivity index (χ0) is 45.0. The van der Waals surface area contributed by atoms with Crippen molar-refractivity contribution >= 4 is 74.6 Å². The largest absolute Gasteiger partial charge is 0.493 e. The molecule has 19 nitrogen and oxygen atoms in total. The Morgan fingerprint density at radius 1 is 0.785 bits per heavy atom. The van der Waals surface area contributed by atoms with E-state index in [0.717, 1.165) is 30.8 Å². The molecule has 22 heteroatoms. The van der Waals surface area contributed by atoms with Crippen molar-refractivity contribution in [3.8, 4) is 11.8 Å². The van der Waals surface area contributed by atoms with Crippen LogP contribution in [0.15, 0.2) is 128 Å². The average molecular weight is 932 g/mol. The lowest BCUT2D eigenvalue weighted by atomic mass is 10.2. The Morgan fingerprint density at radius 2 is 1.45 bits per heavy atom. The number of halogens is 2. The SMILES string of the molecule is O=c1[nH]c(O)c(C=c2cnn3c(=NC4CCNC4)cc(Nc4cccc(Cl)c4)nc23)[nH]1.O=c1[nH]c(O)c(C=c2cnn3c(S(=O)Cc4ccccc4)cc(=Nc4cccc(Cl)c4)nc23)[nH]1. The predicted molar refractivity (Wildman–Crippen MR) is 245 cm³/mol. The number of H-pyrrole nitrogens is 4. The van der Waals surface area contributed by atoms with Crippen LogP contribution in [0.2, 0.25) is 10.0 Å². The number of fused-ring (bicyclic) bond motifs is 2. The smallest absolute Gasteiger partial charge is 0.326 e. The lowest BCUT2D eigenvalue weighted by molar-refractivity contribution is 0.454. The minimum atomic E-state index is -1.47. The molecule has 8 N–H and O–H groups in total. The van der Waals surface area contributed by atoms with Crippen molar-refractivity contribution < 1.29 is 14.4 Å². The summed E-state index contributed by atoms with van der Waals surface area (Å²) in [5.74, 6) is 0.291. The van der Waals surface area contributed by atoms with Crippen molar-refractivity contribution in [1.82, 2.24) is 54.4 Å². The average Bonchev–Trinajstić information content (AvgIpc) is 4.13. The van der Waals surface area contributed by atoms with E-state index in [2.05, 4.69) is 55.7 Å². The number of rotatable bonds is 9. The Morgan fingerprint density at radius 3 is 2.08 bits per heavy atom. The van der Waals surface area contributed by atoms with Crippen LogP contribution in [0.1, 0.15) is 23.4 Å². The van der Waals surface area contributed by atoms with Crippen LogP contribution in [0.3, 0.4) is 0 Å². The van der Waals surface area contributed by atoms with Crippen LogP contribution < -0.4 is 43.4 Å². The number of aromatic hydroxyl groups is 2. The number of benzene rings is 3. The Hall–Kier alpha value is -7.65. The monoisotopic (exact) mass is 930 g/mol. The number of hydrogen-bond acceptors (Lipinski definition) is 13. The van der Waals surface area contributed by atoms with Gasteiger partial charge >= 0.3 is 11.4 Å². The second-order valence-electron chi connectivity index (χ2n) is 14.6. The fourth-order valence-electron chi connectivity index (χ4n) is 6.91. The Balaban J connectivity index is 0.000000165. The molecule has 6 aromatic heterocycles. The van der Waals surface area contributed by atoms with Crippen molar-refractivity contribution in [3.05, 3.63) is 173 Å². The number of aromatic nitrogens is 10. The normalized spacial score (nSPS) is 15.5. The molecule has 1 aliphatic heterocycles. The van der Waals surface area contributed by atoms with E-state index in [-0.39, 0.29) is 34.9 Å². The third kappa shape index (κ3) is 9.95. The van der Waals surface area contributed by atoms with E-state index in [1.165, 1.54) is 16.8 Å². The molecule has 10 rings (SSSR count). The van der Waals surface area contributed by atoms with E-state index in [4.69, 9.17) is 28.2 Å². The van der Waals surface area contributed by atoms with Gasteiger partial charge in [-0.25, -0.2) is 29.1 Å². The predicted octanol–water partition coefficient (Wildman–Crippen LogP) is 2.85. The van der Waals surface area contributed by atoms with Crippen LogP contribution in [-0.4, -0.2) is 82.7 Å². The molecule has 2 atom stereocenters. The number of imidazole rings is 2. The van der Waals surface area contributed by atoms with Gasteiger partial charge in [-0.2, -0.15) is 14.7 Å². The van der Waals surface area contributed by atoms with Crippen LogP contribution in [0, 0.1) is 0 Å². The van der Waals surface area contributed by atoms with Gasteiger partial charge in [0.2, 0.25) is 11.8 Å². The van der Waals surface area contributed by atoms with Crippen molar-refractivity contribution in [2.75, 3.05) is 18.4 Å². The first-order valence-corrected chi connectivity index (χ1v) is 21.9. The zero-order valence-electron chi connectivity index (χ0n) is 33.7. The molecule has 1 fully saturated rings. The molecule has 0 amide bonds. The van der Waals surface area contributed by atoms with Crippen LogP contribution in [0.5, 0.6) is 11.8 Å². The molecular formula is C43H36Cl2N14O5S. The van der Waals surface area contributed by atoms with Gasteiger partial charge in [-0.1, -0.05) is 65.7 Å². The first-order chi connectivity index (χ1) is 31.5. The number of hydrogen-bond donors (Lipinski definition) is 8. The van der Waals surface area contributed by atoms with Gasteiger partial charge in [0.25, 0.3) is 0 Å². The van der Waals surface area contributed by atoms with Gasteiger partial charge in [-0.05, 0) is 67.1 Å². The molecule has 0 saturated carbocycles. The van der Waals surface area contributed by atoms with Crippen LogP contribution in [0.4, 0.5) is 17.2 Å². The summed E-state index contributed by atoms with van der Waals surface area (Å²) in [4.78, 5) is 51.2. The van der Waals surface area contributed by atoms with Crippen molar-refractivity contribution in [2.24, 2.45) is 9.98 Å². The van der Waals surface area contributed by atoms with E-state index in [1.807, 2.05) is 48.5 Å². The number of nitrogens with zero attached hydrogens (tertiary/aromatic N) is 8. The molecule has 9 aromatic rings. The zero-order valence-corrected chi connectivity index (χ0v) is 36.1. The van der Waals surface area contributed by atoms with Crippen molar-refractivity contribution in [2.45, 2.75) is 23.2 Å². The molecule has 0 bridgehead atoms. The summed E-state index contributed by atoms with van der Waals surface area (Å²) in [7, 11) is -1.47. The van der Waals surface area contributed by atoms with Gasteiger partial charge in [0.05, 0.1) is 40.7 Å². The second-order valence-corrected chi connectivity index (χ2v) is 16.8. The maximum atomic E-state index is 13.4. The van der Waals surface area contributed by atoms with Crippen molar-refractivity contribution in [3.63, 3.8) is 0 Å². The summed E-state index contributed by atoms with van der Waals surface area (Å²) in [6.45, 7) is 1.73. The number of anilines is 2. The minimum absolute atomic E-state index is 0.145. The minimum Gasteiger partial charge on any atom is -0.493 e. The van der Waals surface area contributed by atoms with Gasteiger partial charge in [-0.3, -0.25) is 19.2 Å². The quantitative estimate of drug-likeness (QED) is 0.0976. The van der Waals surface area contributed by atoms with Gasteiger partial charge in [0, 0.05) is 44.8 Å². The lowest BCUT2D eigenvalue weighted by Gasteiger charge is -2.08. The van der Waals surface area contributed by atoms with Gasteiger partial charge < -0.3 is 30.8 Å². The summed E-state index contributed by atoms with van der Waals surface area (Å²) >= 11 is 12.2. The molecule has 65 heavy (non-hydrogen) atoms. The standard InChI is InChI=1S/C23H17ClN6O3S.C20H19ClN8O2/c24-16-7-4-8-17(10-16)26-19-11-20(34(33)13-14-5-2-1-3-6-14)30-21(28-19)15(12-25-30)9-18-22(31)29-23(32)27-18;21-12-2-1-3-13(7-12)24-16-8-17(25-14-4-5-22-10-14)29-18(27-16)11(9-23-29)6-15-19(30)28-20(31)26-15/h1-12,31H,13H2,(H2,27,29,32);1-3,6-9,14,22,24,30H,4-5,10H2,(H2,26,28,31). The number of aromatic amines is 4. The second kappa shape index (κ2) is 18.6. The third-order valence-corrected chi connectivity index (χ3v) is 11.7. The summed E-state index contributed by atoms with van der Waals surface area (Å²) < 4.78 is 16.5. The molecule has 328 valence electrons. The molecule has 1 saturated heterocycles. The Labute approximate surface area is 378 Å². The van der Waals surface area contributed by atoms with E-state index in [1.54, 1.807) is 59.3 Å². The molecule has 3 aromatic carbocycles. The highest BCUT2D eigenvalue weighted by molar-refractivity contribution is 7.84. The summed E-state index contributed by atoms with van der Waals surface area (Å²) in [5, 5.41) is 37.8. The van der Waals surface area contributed by atoms with Crippen LogP contribution in [-0.2, 0) is 16.6 Å². The maximum absolute atomic E-state index is 13.4. The summed E-state index contributed by atoms with van der Waals surface area (Å²) in [5.41, 5.74) is 3.50. The Kier molecular flexibility index (Phi) is 12.2. The fourth-order valence-corrected chi connectivity index (χ4v) is 8.49. The fraction of sp³-hybridized carbons (Fsp3) is 0.116.